The normalized spacial score (nSPS) is 11.8. The zero-order chi connectivity index (χ0) is 21.6. The number of primary amides is 1. The fourth-order valence-electron chi connectivity index (χ4n) is 3.20. The Hall–Kier alpha value is -3.23. The van der Waals surface area contributed by atoms with Gasteiger partial charge in [-0.2, -0.15) is 0 Å². The summed E-state index contributed by atoms with van der Waals surface area (Å²) in [5.41, 5.74) is 8.04. The molecule has 3 N–H and O–H groups in total. The molecule has 0 aliphatic heterocycles. The fraction of sp³-hybridized carbons (Fsp3) is 0.130. The average molecular weight is 448 g/mol. The van der Waals surface area contributed by atoms with Gasteiger partial charge in [-0.25, -0.2) is 9.97 Å². The third kappa shape index (κ3) is 5.28. The number of carbonyl (C=O) groups excluding carboxylic acids is 1. The second kappa shape index (κ2) is 9.72. The molecule has 0 saturated heterocycles. The van der Waals surface area contributed by atoms with Gasteiger partial charge in [-0.3, -0.25) is 9.78 Å². The summed E-state index contributed by atoms with van der Waals surface area (Å²) in [5, 5.41) is 3.96. The Labute approximate surface area is 189 Å². The van der Waals surface area contributed by atoms with E-state index in [0.717, 1.165) is 25.6 Å². The molecule has 0 aliphatic rings. The van der Waals surface area contributed by atoms with Crippen LogP contribution in [0.1, 0.15) is 34.5 Å². The first-order valence-corrected chi connectivity index (χ1v) is 11.4. The molecular weight excluding hydrogens is 426 g/mol. The first-order valence-electron chi connectivity index (χ1n) is 9.74. The van der Waals surface area contributed by atoms with Crippen molar-refractivity contribution < 1.29 is 4.79 Å². The van der Waals surface area contributed by atoms with Crippen LogP contribution in [0.3, 0.4) is 0 Å². The monoisotopic (exact) mass is 447 g/mol. The third-order valence-corrected chi connectivity index (χ3v) is 6.84. The topological polar surface area (TPSA) is 93.8 Å². The number of nitrogens with one attached hydrogen (secondary N) is 1. The van der Waals surface area contributed by atoms with Gasteiger partial charge < -0.3 is 11.1 Å². The maximum atomic E-state index is 12.1. The second-order valence-corrected chi connectivity index (χ2v) is 9.32. The van der Waals surface area contributed by atoms with Gasteiger partial charge >= 0.3 is 0 Å². The number of carbonyl (C=O) groups is 1. The predicted molar refractivity (Wildman–Crippen MR) is 125 cm³/mol. The molecular formula is C23H21N5OS2. The van der Waals surface area contributed by atoms with Gasteiger partial charge in [0.15, 0.2) is 5.13 Å². The molecule has 0 bridgehead atoms. The van der Waals surface area contributed by atoms with Gasteiger partial charge in [-0.05, 0) is 41.7 Å². The number of nitrogens with two attached hydrogens (primary N) is 1. The lowest BCUT2D eigenvalue weighted by molar-refractivity contribution is 0.0994. The van der Waals surface area contributed by atoms with E-state index in [1.54, 1.807) is 24.2 Å². The number of thiazole rings is 1. The lowest BCUT2D eigenvalue weighted by Crippen LogP contribution is -2.17. The Morgan fingerprint density at radius 1 is 1.06 bits per heavy atom. The largest absolute Gasteiger partial charge is 0.364 e. The van der Waals surface area contributed by atoms with Crippen LogP contribution in [0.2, 0.25) is 0 Å². The van der Waals surface area contributed by atoms with E-state index < -0.39 is 5.91 Å². The first-order chi connectivity index (χ1) is 15.1. The Bertz CT molecular complexity index is 1170. The summed E-state index contributed by atoms with van der Waals surface area (Å²) in [6.45, 7) is 2.14. The van der Waals surface area contributed by atoms with Crippen molar-refractivity contribution in [3.8, 4) is 0 Å². The van der Waals surface area contributed by atoms with Gasteiger partial charge in [0.2, 0.25) is 0 Å². The molecule has 8 heteroatoms. The summed E-state index contributed by atoms with van der Waals surface area (Å²) >= 11 is 3.09. The molecule has 3 heterocycles. The van der Waals surface area contributed by atoms with Crippen molar-refractivity contribution in [1.82, 2.24) is 15.0 Å². The van der Waals surface area contributed by atoms with Gasteiger partial charge in [0, 0.05) is 17.3 Å². The van der Waals surface area contributed by atoms with E-state index in [0.29, 0.717) is 12.1 Å². The Morgan fingerprint density at radius 2 is 1.87 bits per heavy atom. The molecule has 1 amide bonds. The number of aromatic nitrogens is 3. The Balaban J connectivity index is 1.58. The minimum Gasteiger partial charge on any atom is -0.364 e. The van der Waals surface area contributed by atoms with Crippen LogP contribution >= 0.6 is 23.1 Å². The van der Waals surface area contributed by atoms with Crippen molar-refractivity contribution in [2.24, 2.45) is 5.73 Å². The van der Waals surface area contributed by atoms with Crippen LogP contribution in [-0.4, -0.2) is 20.9 Å². The van der Waals surface area contributed by atoms with E-state index in [1.807, 2.05) is 48.7 Å². The number of pyridine rings is 2. The highest BCUT2D eigenvalue weighted by molar-refractivity contribution is 8.01. The molecule has 0 radical (unpaired) electrons. The Kier molecular flexibility index (Phi) is 6.59. The molecule has 0 unspecified atom stereocenters. The van der Waals surface area contributed by atoms with Crippen LogP contribution < -0.4 is 11.1 Å². The van der Waals surface area contributed by atoms with E-state index in [2.05, 4.69) is 39.3 Å². The minimum absolute atomic E-state index is 0.214. The number of hydrogen-bond acceptors (Lipinski definition) is 7. The van der Waals surface area contributed by atoms with Gasteiger partial charge in [0.1, 0.15) is 11.5 Å². The van der Waals surface area contributed by atoms with E-state index in [-0.39, 0.29) is 5.92 Å². The lowest BCUT2D eigenvalue weighted by atomic mass is 9.93. The maximum absolute atomic E-state index is 12.1. The van der Waals surface area contributed by atoms with Crippen molar-refractivity contribution in [2.75, 3.05) is 5.32 Å². The fourth-order valence-corrected chi connectivity index (χ4v) is 5.19. The molecule has 0 aliphatic carbocycles. The molecule has 156 valence electrons. The highest BCUT2D eigenvalue weighted by Crippen LogP contribution is 2.38. The SMILES string of the molecule is C[C@H](Cc1c(Sc2cnc(Nc3ccccn3)s2)ccnc1C(N)=O)c1ccccc1. The van der Waals surface area contributed by atoms with Crippen LogP contribution in [0, 0.1) is 0 Å². The van der Waals surface area contributed by atoms with Crippen molar-refractivity contribution in [1.29, 1.82) is 0 Å². The van der Waals surface area contributed by atoms with Gasteiger partial charge in [0.25, 0.3) is 5.91 Å². The zero-order valence-electron chi connectivity index (χ0n) is 16.9. The Morgan fingerprint density at radius 3 is 2.61 bits per heavy atom. The molecule has 1 aromatic carbocycles. The van der Waals surface area contributed by atoms with Crippen molar-refractivity contribution in [3.05, 3.63) is 90.0 Å². The van der Waals surface area contributed by atoms with Crippen molar-refractivity contribution >= 4 is 40.0 Å². The number of hydrogen-bond donors (Lipinski definition) is 2. The quantitative estimate of drug-likeness (QED) is 0.382. The summed E-state index contributed by atoms with van der Waals surface area (Å²) < 4.78 is 0.994. The number of anilines is 2. The van der Waals surface area contributed by atoms with Gasteiger partial charge in [-0.15, -0.1) is 0 Å². The number of amides is 1. The molecule has 1 atom stereocenters. The van der Waals surface area contributed by atoms with E-state index >= 15 is 0 Å². The molecule has 0 spiro atoms. The second-order valence-electron chi connectivity index (χ2n) is 6.94. The molecule has 4 rings (SSSR count). The first kappa shape index (κ1) is 21.0. The number of benzene rings is 1. The minimum atomic E-state index is -0.514. The van der Waals surface area contributed by atoms with Crippen LogP contribution in [-0.2, 0) is 6.42 Å². The van der Waals surface area contributed by atoms with E-state index in [9.17, 15) is 4.79 Å². The average Bonchev–Trinajstić information content (AvgIpc) is 3.22. The summed E-state index contributed by atoms with van der Waals surface area (Å²) in [5.74, 6) is 0.441. The van der Waals surface area contributed by atoms with E-state index in [4.69, 9.17) is 5.73 Å². The van der Waals surface area contributed by atoms with Gasteiger partial charge in [-0.1, -0.05) is 66.4 Å². The molecule has 3 aromatic heterocycles. The third-order valence-electron chi connectivity index (χ3n) is 4.72. The smallest absolute Gasteiger partial charge is 0.267 e. The van der Waals surface area contributed by atoms with Crippen LogP contribution in [0.5, 0.6) is 0 Å². The molecule has 6 nitrogen and oxygen atoms in total. The summed E-state index contributed by atoms with van der Waals surface area (Å²) in [6.07, 6.45) is 5.84. The number of rotatable bonds is 8. The molecule has 0 saturated carbocycles. The maximum Gasteiger partial charge on any atom is 0.267 e. The van der Waals surface area contributed by atoms with E-state index in [1.165, 1.54) is 16.9 Å². The molecule has 31 heavy (non-hydrogen) atoms. The van der Waals surface area contributed by atoms with Gasteiger partial charge in [0.05, 0.1) is 10.4 Å². The molecule has 4 aromatic rings. The highest BCUT2D eigenvalue weighted by Gasteiger charge is 2.19. The van der Waals surface area contributed by atoms with Crippen LogP contribution in [0.4, 0.5) is 10.9 Å². The summed E-state index contributed by atoms with van der Waals surface area (Å²) in [7, 11) is 0. The number of nitrogens with zero attached hydrogens (tertiary/aromatic N) is 3. The summed E-state index contributed by atoms with van der Waals surface area (Å²) in [6, 6.07) is 17.8. The van der Waals surface area contributed by atoms with Crippen LogP contribution in [0.15, 0.2) is 82.3 Å². The molecule has 0 fully saturated rings. The zero-order valence-corrected chi connectivity index (χ0v) is 18.5. The summed E-state index contributed by atoms with van der Waals surface area (Å²) in [4.78, 5) is 26.0. The van der Waals surface area contributed by atoms with Crippen molar-refractivity contribution in [3.63, 3.8) is 0 Å². The van der Waals surface area contributed by atoms with Crippen molar-refractivity contribution in [2.45, 2.75) is 28.4 Å². The lowest BCUT2D eigenvalue weighted by Gasteiger charge is -2.16. The predicted octanol–water partition coefficient (Wildman–Crippen LogP) is 5.27. The van der Waals surface area contributed by atoms with Crippen LogP contribution in [0.25, 0.3) is 0 Å². The highest BCUT2D eigenvalue weighted by atomic mass is 32.2. The standard InChI is InChI=1S/C23H21N5OS2/c1-15(16-7-3-2-4-8-16)13-17-18(10-12-26-21(17)22(24)29)30-20-14-27-23(31-20)28-19-9-5-6-11-25-19/h2-12,14-15H,13H2,1H3,(H2,24,29)(H,25,27,28)/t15-/m1/s1.